The Morgan fingerprint density at radius 2 is 1.57 bits per heavy atom. The Balaban J connectivity index is 1.68. The normalized spacial score (nSPS) is 13.8. The van der Waals surface area contributed by atoms with E-state index in [1.54, 1.807) is 0 Å². The van der Waals surface area contributed by atoms with Crippen LogP contribution in [0.1, 0.15) is 18.1 Å². The molecular formula is C20H16S. The van der Waals surface area contributed by atoms with E-state index in [9.17, 15) is 0 Å². The van der Waals surface area contributed by atoms with Crippen LogP contribution >= 0.6 is 11.8 Å². The summed E-state index contributed by atoms with van der Waals surface area (Å²) in [4.78, 5) is 2.81. The quantitative estimate of drug-likeness (QED) is 0.564. The molecule has 21 heavy (non-hydrogen) atoms. The number of thioether (sulfide) groups is 1. The van der Waals surface area contributed by atoms with Crippen LogP contribution in [0.15, 0.2) is 76.5 Å². The van der Waals surface area contributed by atoms with Gasteiger partial charge in [0.2, 0.25) is 0 Å². The van der Waals surface area contributed by atoms with Gasteiger partial charge in [-0.15, -0.1) is 0 Å². The average molecular weight is 288 g/mol. The van der Waals surface area contributed by atoms with Gasteiger partial charge in [-0.2, -0.15) is 0 Å². The standard InChI is InChI=1S/C20H16S/c1-14-19-9-5-4-8-17(19)13-20(14)21-18-11-10-15-6-2-3-7-16(15)12-18/h2-12H,13H2,1H3. The lowest BCUT2D eigenvalue weighted by Crippen LogP contribution is -1.81. The Morgan fingerprint density at radius 1 is 0.810 bits per heavy atom. The molecule has 0 saturated heterocycles. The van der Waals surface area contributed by atoms with Crippen LogP contribution in [0, 0.1) is 0 Å². The van der Waals surface area contributed by atoms with Gasteiger partial charge in [-0.25, -0.2) is 0 Å². The highest BCUT2D eigenvalue weighted by atomic mass is 32.2. The summed E-state index contributed by atoms with van der Waals surface area (Å²) in [6.07, 6.45) is 1.07. The van der Waals surface area contributed by atoms with Gasteiger partial charge in [0.15, 0.2) is 0 Å². The lowest BCUT2D eigenvalue weighted by atomic mass is 10.1. The molecule has 0 N–H and O–H groups in total. The number of allylic oxidation sites excluding steroid dienone is 2. The summed E-state index contributed by atoms with van der Waals surface area (Å²) in [5.41, 5.74) is 4.31. The van der Waals surface area contributed by atoms with E-state index in [1.807, 2.05) is 11.8 Å². The summed E-state index contributed by atoms with van der Waals surface area (Å²) >= 11 is 1.91. The smallest absolute Gasteiger partial charge is 0.0125 e. The molecule has 0 nitrogen and oxygen atoms in total. The summed E-state index contributed by atoms with van der Waals surface area (Å²) in [6, 6.07) is 24.0. The molecule has 0 radical (unpaired) electrons. The molecule has 1 aliphatic carbocycles. The second-order valence-electron chi connectivity index (χ2n) is 5.49. The van der Waals surface area contributed by atoms with Crippen molar-refractivity contribution in [2.24, 2.45) is 0 Å². The van der Waals surface area contributed by atoms with Crippen molar-refractivity contribution in [2.45, 2.75) is 18.2 Å². The summed E-state index contributed by atoms with van der Waals surface area (Å²) in [5, 5.41) is 2.62. The highest BCUT2D eigenvalue weighted by Gasteiger charge is 2.18. The van der Waals surface area contributed by atoms with Crippen molar-refractivity contribution in [3.63, 3.8) is 0 Å². The molecule has 4 rings (SSSR count). The molecule has 0 spiro atoms. The predicted molar refractivity (Wildman–Crippen MR) is 92.5 cm³/mol. The van der Waals surface area contributed by atoms with E-state index in [-0.39, 0.29) is 0 Å². The van der Waals surface area contributed by atoms with Crippen molar-refractivity contribution in [1.82, 2.24) is 0 Å². The monoisotopic (exact) mass is 288 g/mol. The van der Waals surface area contributed by atoms with Crippen LogP contribution in [-0.4, -0.2) is 0 Å². The van der Waals surface area contributed by atoms with Gasteiger partial charge in [-0.3, -0.25) is 0 Å². The third kappa shape index (κ3) is 2.28. The molecule has 0 heterocycles. The Labute approximate surface area is 129 Å². The van der Waals surface area contributed by atoms with Crippen LogP contribution in [0.25, 0.3) is 16.3 Å². The molecule has 0 aromatic heterocycles. The fourth-order valence-corrected chi connectivity index (χ4v) is 4.08. The Hall–Kier alpha value is -1.99. The van der Waals surface area contributed by atoms with Crippen LogP contribution in [0.3, 0.4) is 0 Å². The molecule has 0 unspecified atom stereocenters. The zero-order valence-electron chi connectivity index (χ0n) is 12.0. The maximum atomic E-state index is 2.29. The van der Waals surface area contributed by atoms with Crippen LogP contribution in [0.4, 0.5) is 0 Å². The van der Waals surface area contributed by atoms with Crippen LogP contribution in [0.2, 0.25) is 0 Å². The maximum Gasteiger partial charge on any atom is 0.0125 e. The number of hydrogen-bond acceptors (Lipinski definition) is 1. The third-order valence-corrected chi connectivity index (χ3v) is 5.34. The molecule has 1 aliphatic rings. The zero-order valence-corrected chi connectivity index (χ0v) is 12.8. The second-order valence-corrected chi connectivity index (χ2v) is 6.66. The molecule has 0 atom stereocenters. The highest BCUT2D eigenvalue weighted by Crippen LogP contribution is 2.41. The lowest BCUT2D eigenvalue weighted by Gasteiger charge is -2.06. The van der Waals surface area contributed by atoms with Gasteiger partial charge in [-0.1, -0.05) is 66.4 Å². The number of hydrogen-bond donors (Lipinski definition) is 0. The van der Waals surface area contributed by atoms with Crippen molar-refractivity contribution < 1.29 is 0 Å². The molecule has 0 aliphatic heterocycles. The van der Waals surface area contributed by atoms with Crippen molar-refractivity contribution in [1.29, 1.82) is 0 Å². The first kappa shape index (κ1) is 12.7. The van der Waals surface area contributed by atoms with Crippen molar-refractivity contribution in [2.75, 3.05) is 0 Å². The van der Waals surface area contributed by atoms with Crippen LogP contribution in [0.5, 0.6) is 0 Å². The van der Waals surface area contributed by atoms with Gasteiger partial charge in [0.25, 0.3) is 0 Å². The molecule has 102 valence electrons. The Kier molecular flexibility index (Phi) is 3.08. The fraction of sp³-hybridized carbons (Fsp3) is 0.100. The summed E-state index contributed by atoms with van der Waals surface area (Å²) in [6.45, 7) is 2.25. The summed E-state index contributed by atoms with van der Waals surface area (Å²) < 4.78 is 0. The van der Waals surface area contributed by atoms with Crippen LogP contribution in [-0.2, 0) is 6.42 Å². The van der Waals surface area contributed by atoms with E-state index in [4.69, 9.17) is 0 Å². The summed E-state index contributed by atoms with van der Waals surface area (Å²) in [5.74, 6) is 0. The minimum atomic E-state index is 1.07. The topological polar surface area (TPSA) is 0 Å². The predicted octanol–water partition coefficient (Wildman–Crippen LogP) is 5.92. The van der Waals surface area contributed by atoms with Gasteiger partial charge in [-0.05, 0) is 51.4 Å². The Morgan fingerprint density at radius 3 is 2.43 bits per heavy atom. The van der Waals surface area contributed by atoms with E-state index >= 15 is 0 Å². The molecule has 3 aromatic carbocycles. The highest BCUT2D eigenvalue weighted by molar-refractivity contribution is 8.03. The minimum Gasteiger partial charge on any atom is -0.0939 e. The van der Waals surface area contributed by atoms with E-state index in [0.29, 0.717) is 0 Å². The first-order valence-corrected chi connectivity index (χ1v) is 8.07. The first-order valence-electron chi connectivity index (χ1n) is 7.26. The van der Waals surface area contributed by atoms with Crippen molar-refractivity contribution >= 4 is 28.1 Å². The number of benzene rings is 3. The molecule has 0 amide bonds. The van der Waals surface area contributed by atoms with E-state index < -0.39 is 0 Å². The molecule has 3 aromatic rings. The zero-order chi connectivity index (χ0) is 14.2. The largest absolute Gasteiger partial charge is 0.0939 e. The van der Waals surface area contributed by atoms with E-state index in [1.165, 1.54) is 37.3 Å². The van der Waals surface area contributed by atoms with Gasteiger partial charge in [0.1, 0.15) is 0 Å². The minimum absolute atomic E-state index is 1.07. The SMILES string of the molecule is CC1=C(Sc2ccc3ccccc3c2)Cc2ccccc21. The van der Waals surface area contributed by atoms with E-state index in [2.05, 4.69) is 73.7 Å². The fourth-order valence-electron chi connectivity index (χ4n) is 2.98. The summed E-state index contributed by atoms with van der Waals surface area (Å²) in [7, 11) is 0. The van der Waals surface area contributed by atoms with Crippen molar-refractivity contribution in [3.8, 4) is 0 Å². The third-order valence-electron chi connectivity index (χ3n) is 4.15. The molecule has 0 saturated carbocycles. The van der Waals surface area contributed by atoms with Crippen molar-refractivity contribution in [3.05, 3.63) is 82.8 Å². The van der Waals surface area contributed by atoms with Gasteiger partial charge < -0.3 is 0 Å². The van der Waals surface area contributed by atoms with E-state index in [0.717, 1.165) is 6.42 Å². The molecule has 0 fully saturated rings. The molecule has 1 heteroatoms. The maximum absolute atomic E-state index is 2.29. The lowest BCUT2D eigenvalue weighted by molar-refractivity contribution is 1.29. The Bertz CT molecular complexity index is 858. The molecule has 0 bridgehead atoms. The average Bonchev–Trinajstić information content (AvgIpc) is 2.84. The number of fused-ring (bicyclic) bond motifs is 2. The molecular weight excluding hydrogens is 272 g/mol. The first-order chi connectivity index (χ1) is 10.3. The van der Waals surface area contributed by atoms with Gasteiger partial charge >= 0.3 is 0 Å². The van der Waals surface area contributed by atoms with Gasteiger partial charge in [0, 0.05) is 11.3 Å². The van der Waals surface area contributed by atoms with Crippen LogP contribution < -0.4 is 0 Å². The second kappa shape index (κ2) is 5.09. The number of rotatable bonds is 2. The van der Waals surface area contributed by atoms with Gasteiger partial charge in [0.05, 0.1) is 0 Å².